The third-order valence-electron chi connectivity index (χ3n) is 3.39. The first-order chi connectivity index (χ1) is 9.08. The molecule has 100 valence electrons. The smallest absolute Gasteiger partial charge is 0.335 e. The molecule has 1 fully saturated rings. The highest BCUT2D eigenvalue weighted by Crippen LogP contribution is 2.24. The molecule has 4 heteroatoms. The quantitative estimate of drug-likeness (QED) is 0.819. The number of aromatic carboxylic acids is 1. The van der Waals surface area contributed by atoms with Crippen molar-refractivity contribution in [3.8, 4) is 0 Å². The van der Waals surface area contributed by atoms with Gasteiger partial charge in [-0.25, -0.2) is 4.79 Å². The van der Waals surface area contributed by atoms with Gasteiger partial charge >= 0.3 is 5.97 Å². The second-order valence-electron chi connectivity index (χ2n) is 4.85. The molecule has 0 aromatic heterocycles. The van der Waals surface area contributed by atoms with Gasteiger partial charge in [-0.15, -0.1) is 0 Å². The van der Waals surface area contributed by atoms with Crippen molar-refractivity contribution in [1.29, 1.82) is 0 Å². The summed E-state index contributed by atoms with van der Waals surface area (Å²) < 4.78 is 0. The molecule has 4 nitrogen and oxygen atoms in total. The van der Waals surface area contributed by atoms with Crippen molar-refractivity contribution in [3.05, 3.63) is 41.6 Å². The molecule has 1 aromatic rings. The maximum Gasteiger partial charge on any atom is 0.335 e. The van der Waals surface area contributed by atoms with Crippen LogP contribution in [0.4, 0.5) is 5.69 Å². The molecule has 0 spiro atoms. The maximum atomic E-state index is 11.9. The molecule has 1 aliphatic rings. The minimum absolute atomic E-state index is 0.108. The lowest BCUT2D eigenvalue weighted by atomic mass is 9.86. The second kappa shape index (κ2) is 5.69. The number of hydrogen-bond acceptors (Lipinski definition) is 3. The first-order valence-electron chi connectivity index (χ1n) is 6.41. The van der Waals surface area contributed by atoms with Crippen molar-refractivity contribution in [3.63, 3.8) is 0 Å². The highest BCUT2D eigenvalue weighted by Gasteiger charge is 2.22. The lowest BCUT2D eigenvalue weighted by molar-refractivity contribution is -0.119. The fourth-order valence-electron chi connectivity index (χ4n) is 2.19. The lowest BCUT2D eigenvalue weighted by Gasteiger charge is -2.19. The van der Waals surface area contributed by atoms with Gasteiger partial charge in [-0.1, -0.05) is 6.92 Å². The van der Waals surface area contributed by atoms with Crippen LogP contribution in [0, 0.1) is 5.92 Å². The van der Waals surface area contributed by atoms with Gasteiger partial charge in [-0.05, 0) is 43.5 Å². The zero-order valence-electron chi connectivity index (χ0n) is 10.8. The number of carbonyl (C=O) groups is 2. The second-order valence-corrected chi connectivity index (χ2v) is 4.85. The van der Waals surface area contributed by atoms with E-state index in [0.717, 1.165) is 30.5 Å². The van der Waals surface area contributed by atoms with Crippen molar-refractivity contribution >= 4 is 17.4 Å². The molecular formula is C15H17NO3. The van der Waals surface area contributed by atoms with Gasteiger partial charge in [0, 0.05) is 23.4 Å². The summed E-state index contributed by atoms with van der Waals surface area (Å²) in [5.41, 5.74) is 1.85. The van der Waals surface area contributed by atoms with Gasteiger partial charge in [0.25, 0.3) is 0 Å². The van der Waals surface area contributed by atoms with Crippen LogP contribution in [0.3, 0.4) is 0 Å². The van der Waals surface area contributed by atoms with Crippen molar-refractivity contribution in [1.82, 2.24) is 0 Å². The van der Waals surface area contributed by atoms with Crippen molar-refractivity contribution in [2.45, 2.75) is 26.2 Å². The number of anilines is 1. The summed E-state index contributed by atoms with van der Waals surface area (Å²) in [5.74, 6) is -0.627. The standard InChI is InChI=1S/C15H17NO3/c1-10-3-2-4-12(14(10)17)9-16-13-7-5-11(6-8-13)15(18)19/h5-10,16H,2-4H2,1H3,(H,18,19)/b12-9-. The lowest BCUT2D eigenvalue weighted by Crippen LogP contribution is -2.19. The number of rotatable bonds is 3. The van der Waals surface area contributed by atoms with Crippen LogP contribution >= 0.6 is 0 Å². The molecule has 0 aliphatic heterocycles. The predicted molar refractivity (Wildman–Crippen MR) is 73.1 cm³/mol. The number of Topliss-reactive ketones (excluding diaryl/α,β-unsaturated/α-hetero) is 1. The van der Waals surface area contributed by atoms with Crippen LogP contribution in [-0.2, 0) is 4.79 Å². The number of hydrogen-bond donors (Lipinski definition) is 2. The number of ketones is 1. The Balaban J connectivity index is 2.05. The van der Waals surface area contributed by atoms with E-state index in [1.165, 1.54) is 12.1 Å². The molecular weight excluding hydrogens is 242 g/mol. The topological polar surface area (TPSA) is 66.4 Å². The van der Waals surface area contributed by atoms with Crippen LogP contribution in [-0.4, -0.2) is 16.9 Å². The van der Waals surface area contributed by atoms with E-state index >= 15 is 0 Å². The van der Waals surface area contributed by atoms with E-state index in [-0.39, 0.29) is 17.3 Å². The van der Waals surface area contributed by atoms with Crippen molar-refractivity contribution < 1.29 is 14.7 Å². The van der Waals surface area contributed by atoms with Gasteiger partial charge in [0.2, 0.25) is 0 Å². The Morgan fingerprint density at radius 1 is 1.37 bits per heavy atom. The molecule has 19 heavy (non-hydrogen) atoms. The third kappa shape index (κ3) is 3.22. The molecule has 1 unspecified atom stereocenters. The third-order valence-corrected chi connectivity index (χ3v) is 3.39. The predicted octanol–water partition coefficient (Wildman–Crippen LogP) is 3.07. The first-order valence-corrected chi connectivity index (χ1v) is 6.41. The Bertz CT molecular complexity index is 517. The summed E-state index contributed by atoms with van der Waals surface area (Å²) >= 11 is 0. The summed E-state index contributed by atoms with van der Waals surface area (Å²) in [6.07, 6.45) is 4.55. The van der Waals surface area contributed by atoms with Gasteiger partial charge in [0.15, 0.2) is 5.78 Å². The highest BCUT2D eigenvalue weighted by molar-refractivity contribution is 5.97. The average molecular weight is 259 g/mol. The number of carboxylic acids is 1. The Hall–Kier alpha value is -2.10. The molecule has 2 N–H and O–H groups in total. The van der Waals surface area contributed by atoms with Gasteiger partial charge < -0.3 is 10.4 Å². The molecule has 0 bridgehead atoms. The fraction of sp³-hybridized carbons (Fsp3) is 0.333. The Morgan fingerprint density at radius 2 is 2.05 bits per heavy atom. The van der Waals surface area contributed by atoms with Crippen LogP contribution in [0.5, 0.6) is 0 Å². The Morgan fingerprint density at radius 3 is 2.68 bits per heavy atom. The van der Waals surface area contributed by atoms with Crippen LogP contribution in [0.1, 0.15) is 36.5 Å². The largest absolute Gasteiger partial charge is 0.478 e. The molecule has 0 amide bonds. The summed E-state index contributed by atoms with van der Waals surface area (Å²) in [5, 5.41) is 11.9. The normalized spacial score (nSPS) is 21.4. The summed E-state index contributed by atoms with van der Waals surface area (Å²) in [6, 6.07) is 6.46. The van der Waals surface area contributed by atoms with E-state index in [1.54, 1.807) is 18.3 Å². The van der Waals surface area contributed by atoms with Crippen LogP contribution in [0.2, 0.25) is 0 Å². The van der Waals surface area contributed by atoms with E-state index in [0.29, 0.717) is 0 Å². The summed E-state index contributed by atoms with van der Waals surface area (Å²) in [7, 11) is 0. The van der Waals surface area contributed by atoms with E-state index in [9.17, 15) is 9.59 Å². The minimum Gasteiger partial charge on any atom is -0.478 e. The zero-order valence-corrected chi connectivity index (χ0v) is 10.8. The molecule has 1 aromatic carbocycles. The Labute approximate surface area is 112 Å². The minimum atomic E-state index is -0.943. The molecule has 1 aliphatic carbocycles. The van der Waals surface area contributed by atoms with Crippen LogP contribution < -0.4 is 5.32 Å². The summed E-state index contributed by atoms with van der Waals surface area (Å²) in [6.45, 7) is 1.96. The summed E-state index contributed by atoms with van der Waals surface area (Å²) in [4.78, 5) is 22.6. The number of carboxylic acid groups (broad SMARTS) is 1. The molecule has 0 radical (unpaired) electrons. The van der Waals surface area contributed by atoms with Crippen molar-refractivity contribution in [2.24, 2.45) is 5.92 Å². The monoisotopic (exact) mass is 259 g/mol. The fourth-order valence-corrected chi connectivity index (χ4v) is 2.19. The number of benzene rings is 1. The molecule has 1 saturated carbocycles. The number of carbonyl (C=O) groups excluding carboxylic acids is 1. The van der Waals surface area contributed by atoms with E-state index in [4.69, 9.17) is 5.11 Å². The first kappa shape index (κ1) is 13.3. The van der Waals surface area contributed by atoms with Crippen LogP contribution in [0.15, 0.2) is 36.0 Å². The van der Waals surface area contributed by atoms with E-state index < -0.39 is 5.97 Å². The molecule has 0 heterocycles. The molecule has 2 rings (SSSR count). The van der Waals surface area contributed by atoms with Gasteiger partial charge in [0.05, 0.1) is 5.56 Å². The molecule has 1 atom stereocenters. The Kier molecular flexibility index (Phi) is 4.00. The van der Waals surface area contributed by atoms with E-state index in [2.05, 4.69) is 5.32 Å². The van der Waals surface area contributed by atoms with Crippen LogP contribution in [0.25, 0.3) is 0 Å². The SMILES string of the molecule is CC1CCC/C(=C/Nc2ccc(C(=O)O)cc2)C1=O. The van der Waals surface area contributed by atoms with Gasteiger partial charge in [-0.3, -0.25) is 4.79 Å². The van der Waals surface area contributed by atoms with Gasteiger partial charge in [0.1, 0.15) is 0 Å². The number of allylic oxidation sites excluding steroid dienone is 1. The zero-order chi connectivity index (χ0) is 13.8. The maximum absolute atomic E-state index is 11.9. The number of nitrogens with one attached hydrogen (secondary N) is 1. The average Bonchev–Trinajstić information content (AvgIpc) is 2.41. The highest BCUT2D eigenvalue weighted by atomic mass is 16.4. The molecule has 0 saturated heterocycles. The van der Waals surface area contributed by atoms with Crippen molar-refractivity contribution in [2.75, 3.05) is 5.32 Å². The van der Waals surface area contributed by atoms with E-state index in [1.807, 2.05) is 6.92 Å². The van der Waals surface area contributed by atoms with Gasteiger partial charge in [-0.2, -0.15) is 0 Å².